The fourth-order valence-corrected chi connectivity index (χ4v) is 3.76. The van der Waals surface area contributed by atoms with Crippen molar-refractivity contribution in [3.63, 3.8) is 0 Å². The molecule has 0 bridgehead atoms. The Balaban J connectivity index is 1.87. The molecule has 2 aromatic heterocycles. The van der Waals surface area contributed by atoms with Gasteiger partial charge in [0.15, 0.2) is 22.5 Å². The molecule has 0 fully saturated rings. The number of hydrogen-bond donors (Lipinski definition) is 1. The monoisotopic (exact) mass is 398 g/mol. The molecule has 1 amide bonds. The fraction of sp³-hybridized carbons (Fsp3) is 0.300. The van der Waals surface area contributed by atoms with Crippen LogP contribution >= 0.6 is 11.8 Å². The molecule has 28 heavy (non-hydrogen) atoms. The average molecular weight is 398 g/mol. The number of nitrogens with zero attached hydrogens (tertiary/aromatic N) is 3. The summed E-state index contributed by atoms with van der Waals surface area (Å²) in [5.74, 6) is 0.641. The number of furan rings is 1. The summed E-state index contributed by atoms with van der Waals surface area (Å²) in [6.07, 6.45) is 1.68. The zero-order valence-corrected chi connectivity index (χ0v) is 16.8. The number of aromatic nitrogens is 3. The van der Waals surface area contributed by atoms with Crippen LogP contribution in [0.1, 0.15) is 34.8 Å². The van der Waals surface area contributed by atoms with Gasteiger partial charge < -0.3 is 10.2 Å². The summed E-state index contributed by atoms with van der Waals surface area (Å²) in [4.78, 5) is 24.2. The number of ketones is 1. The minimum Gasteiger partial charge on any atom is -0.461 e. The lowest BCUT2D eigenvalue weighted by atomic mass is 10.0. The first-order valence-electron chi connectivity index (χ1n) is 8.90. The lowest BCUT2D eigenvalue weighted by Crippen LogP contribution is -2.18. The zero-order valence-electron chi connectivity index (χ0n) is 16.0. The smallest absolute Gasteiger partial charge is 0.219 e. The molecule has 0 saturated heterocycles. The SMILES string of the molecule is Cc1ccc(C)c(C(=O)[C@H](C)Sc2nnc(-c3ccco3)n2CCC(N)=O)c1. The van der Waals surface area contributed by atoms with Crippen LogP contribution in [-0.2, 0) is 11.3 Å². The number of hydrogen-bond acceptors (Lipinski definition) is 6. The lowest BCUT2D eigenvalue weighted by molar-refractivity contribution is -0.118. The zero-order chi connectivity index (χ0) is 20.3. The number of primary amides is 1. The molecular weight excluding hydrogens is 376 g/mol. The van der Waals surface area contributed by atoms with Gasteiger partial charge >= 0.3 is 0 Å². The van der Waals surface area contributed by atoms with Gasteiger partial charge in [0.25, 0.3) is 0 Å². The quantitative estimate of drug-likeness (QED) is 0.461. The molecule has 146 valence electrons. The van der Waals surface area contributed by atoms with Gasteiger partial charge in [0, 0.05) is 18.5 Å². The van der Waals surface area contributed by atoms with E-state index in [9.17, 15) is 9.59 Å². The molecule has 2 N–H and O–H groups in total. The maximum absolute atomic E-state index is 13.0. The third-order valence-electron chi connectivity index (χ3n) is 4.35. The van der Waals surface area contributed by atoms with Crippen LogP contribution in [-0.4, -0.2) is 31.7 Å². The largest absolute Gasteiger partial charge is 0.461 e. The van der Waals surface area contributed by atoms with Gasteiger partial charge in [-0.25, -0.2) is 0 Å². The highest BCUT2D eigenvalue weighted by molar-refractivity contribution is 8.00. The Bertz CT molecular complexity index is 995. The second-order valence-corrected chi connectivity index (χ2v) is 7.90. The standard InChI is InChI=1S/C20H22N4O3S/c1-12-6-7-13(2)15(11-12)18(26)14(3)28-20-23-22-19(16-5-4-10-27-16)24(20)9-8-17(21)25/h4-7,10-11,14H,8-9H2,1-3H3,(H2,21,25)/t14-/m0/s1. The molecule has 2 heterocycles. The predicted molar refractivity (Wildman–Crippen MR) is 107 cm³/mol. The van der Waals surface area contributed by atoms with E-state index in [4.69, 9.17) is 10.2 Å². The Kier molecular flexibility index (Phi) is 5.99. The second kappa shape index (κ2) is 8.43. The number of rotatable bonds is 8. The summed E-state index contributed by atoms with van der Waals surface area (Å²) >= 11 is 1.30. The predicted octanol–water partition coefficient (Wildman–Crippen LogP) is 3.39. The molecule has 1 aromatic carbocycles. The molecule has 0 aliphatic heterocycles. The van der Waals surface area contributed by atoms with E-state index in [1.165, 1.54) is 11.8 Å². The molecule has 0 radical (unpaired) electrons. The molecule has 0 unspecified atom stereocenters. The number of carbonyl (C=O) groups is 2. The number of nitrogens with two attached hydrogens (primary N) is 1. The maximum Gasteiger partial charge on any atom is 0.219 e. The number of amides is 1. The van der Waals surface area contributed by atoms with Gasteiger partial charge in [0.2, 0.25) is 5.91 Å². The van der Waals surface area contributed by atoms with Crippen LogP contribution in [0.2, 0.25) is 0 Å². The van der Waals surface area contributed by atoms with Crippen molar-refractivity contribution >= 4 is 23.5 Å². The van der Waals surface area contributed by atoms with Gasteiger partial charge in [-0.15, -0.1) is 10.2 Å². The summed E-state index contributed by atoms with van der Waals surface area (Å²) in [6, 6.07) is 9.36. The number of Topliss-reactive ketones (excluding diaryl/α,β-unsaturated/α-hetero) is 1. The van der Waals surface area contributed by atoms with Crippen LogP contribution in [0.3, 0.4) is 0 Å². The Morgan fingerprint density at radius 1 is 1.25 bits per heavy atom. The molecule has 0 aliphatic carbocycles. The van der Waals surface area contributed by atoms with E-state index >= 15 is 0 Å². The molecular formula is C20H22N4O3S. The minimum atomic E-state index is -0.422. The van der Waals surface area contributed by atoms with Crippen molar-refractivity contribution in [2.45, 2.75) is 44.1 Å². The highest BCUT2D eigenvalue weighted by Gasteiger charge is 2.23. The molecule has 7 nitrogen and oxygen atoms in total. The van der Waals surface area contributed by atoms with Crippen molar-refractivity contribution in [1.82, 2.24) is 14.8 Å². The lowest BCUT2D eigenvalue weighted by Gasteiger charge is -2.13. The molecule has 0 spiro atoms. The molecule has 3 aromatic rings. The first-order valence-corrected chi connectivity index (χ1v) is 9.78. The first-order chi connectivity index (χ1) is 13.4. The van der Waals surface area contributed by atoms with E-state index in [-0.39, 0.29) is 17.5 Å². The molecule has 3 rings (SSSR count). The van der Waals surface area contributed by atoms with Crippen LogP contribution in [0.4, 0.5) is 0 Å². The first kappa shape index (κ1) is 19.9. The number of thioether (sulfide) groups is 1. The van der Waals surface area contributed by atoms with E-state index in [1.807, 2.05) is 39.0 Å². The van der Waals surface area contributed by atoms with E-state index in [1.54, 1.807) is 23.0 Å². The van der Waals surface area contributed by atoms with E-state index in [0.717, 1.165) is 11.1 Å². The Morgan fingerprint density at radius 3 is 2.71 bits per heavy atom. The Hall–Kier alpha value is -2.87. The van der Waals surface area contributed by atoms with Crippen molar-refractivity contribution in [2.24, 2.45) is 5.73 Å². The Labute approximate surface area is 167 Å². The van der Waals surface area contributed by atoms with Gasteiger partial charge in [-0.05, 0) is 44.5 Å². The van der Waals surface area contributed by atoms with E-state index < -0.39 is 5.91 Å². The third kappa shape index (κ3) is 4.33. The average Bonchev–Trinajstić information content (AvgIpc) is 3.31. The third-order valence-corrected chi connectivity index (χ3v) is 5.43. The summed E-state index contributed by atoms with van der Waals surface area (Å²) in [5.41, 5.74) is 7.99. The minimum absolute atomic E-state index is 0.0233. The van der Waals surface area contributed by atoms with Crippen molar-refractivity contribution < 1.29 is 14.0 Å². The van der Waals surface area contributed by atoms with Crippen LogP contribution < -0.4 is 5.73 Å². The molecule has 0 aliphatic rings. The van der Waals surface area contributed by atoms with Crippen LogP contribution in [0.15, 0.2) is 46.2 Å². The second-order valence-electron chi connectivity index (χ2n) is 6.59. The maximum atomic E-state index is 13.0. The topological polar surface area (TPSA) is 104 Å². The number of aryl methyl sites for hydroxylation is 2. The molecule has 0 saturated carbocycles. The van der Waals surface area contributed by atoms with Gasteiger partial charge in [-0.3, -0.25) is 14.2 Å². The number of carbonyl (C=O) groups excluding carboxylic acids is 2. The van der Waals surface area contributed by atoms with Crippen molar-refractivity contribution in [3.8, 4) is 11.6 Å². The van der Waals surface area contributed by atoms with Crippen LogP contribution in [0.5, 0.6) is 0 Å². The van der Waals surface area contributed by atoms with E-state index in [2.05, 4.69) is 10.2 Å². The highest BCUT2D eigenvalue weighted by Crippen LogP contribution is 2.29. The summed E-state index contributed by atoms with van der Waals surface area (Å²) in [5, 5.41) is 8.57. The molecule has 8 heteroatoms. The van der Waals surface area contributed by atoms with Gasteiger partial charge in [-0.1, -0.05) is 29.5 Å². The van der Waals surface area contributed by atoms with Crippen molar-refractivity contribution in [2.75, 3.05) is 0 Å². The van der Waals surface area contributed by atoms with Gasteiger partial charge in [-0.2, -0.15) is 0 Å². The highest BCUT2D eigenvalue weighted by atomic mass is 32.2. The summed E-state index contributed by atoms with van der Waals surface area (Å²) < 4.78 is 7.18. The summed E-state index contributed by atoms with van der Waals surface area (Å²) in [6.45, 7) is 6.04. The van der Waals surface area contributed by atoms with Gasteiger partial charge in [0.05, 0.1) is 11.5 Å². The van der Waals surface area contributed by atoms with Crippen LogP contribution in [0.25, 0.3) is 11.6 Å². The van der Waals surface area contributed by atoms with Gasteiger partial charge in [0.1, 0.15) is 0 Å². The van der Waals surface area contributed by atoms with Crippen LogP contribution in [0, 0.1) is 13.8 Å². The Morgan fingerprint density at radius 2 is 2.04 bits per heavy atom. The fourth-order valence-electron chi connectivity index (χ4n) is 2.82. The number of benzene rings is 1. The normalized spacial score (nSPS) is 12.1. The van der Waals surface area contributed by atoms with Crippen molar-refractivity contribution in [3.05, 3.63) is 53.3 Å². The van der Waals surface area contributed by atoms with E-state index in [0.29, 0.717) is 28.8 Å². The van der Waals surface area contributed by atoms with Crippen molar-refractivity contribution in [1.29, 1.82) is 0 Å². The summed E-state index contributed by atoms with van der Waals surface area (Å²) in [7, 11) is 0. The molecule has 1 atom stereocenters.